The zero-order valence-electron chi connectivity index (χ0n) is 8.10. The Bertz CT molecular complexity index is 95.7. The van der Waals surface area contributed by atoms with Gasteiger partial charge in [-0.1, -0.05) is 13.3 Å². The molecule has 0 atom stereocenters. The maximum absolute atomic E-state index is 2.41. The largest absolute Gasteiger partial charge is 0.344 e. The Morgan fingerprint density at radius 1 is 1.18 bits per heavy atom. The minimum absolute atomic E-state index is 0. The van der Waals surface area contributed by atoms with Crippen molar-refractivity contribution in [2.24, 2.45) is 0 Å². The Labute approximate surface area is 70.8 Å². The Kier molecular flexibility index (Phi) is 4.69. The standard InChI is InChI=1S/C9H20N.H3N/c1-3-4-7-10(2)8-5-6-9-10;/h3-9H2,1-2H3;1H3/q+1;. The lowest BCUT2D eigenvalue weighted by Crippen LogP contribution is -2.41. The van der Waals surface area contributed by atoms with E-state index in [1.807, 2.05) is 0 Å². The number of hydrogen-bond donors (Lipinski definition) is 1. The molecule has 0 aromatic heterocycles. The van der Waals surface area contributed by atoms with Crippen LogP contribution in [0.5, 0.6) is 0 Å². The third kappa shape index (κ3) is 3.21. The van der Waals surface area contributed by atoms with Crippen molar-refractivity contribution >= 4 is 0 Å². The summed E-state index contributed by atoms with van der Waals surface area (Å²) in [5.74, 6) is 0. The van der Waals surface area contributed by atoms with E-state index in [9.17, 15) is 0 Å². The van der Waals surface area contributed by atoms with Crippen LogP contribution in [0.25, 0.3) is 0 Å². The lowest BCUT2D eigenvalue weighted by atomic mass is 10.3. The van der Waals surface area contributed by atoms with Crippen LogP contribution in [0.2, 0.25) is 0 Å². The van der Waals surface area contributed by atoms with Crippen molar-refractivity contribution in [3.05, 3.63) is 0 Å². The molecule has 1 aliphatic heterocycles. The van der Waals surface area contributed by atoms with Crippen molar-refractivity contribution in [1.82, 2.24) is 6.15 Å². The zero-order valence-corrected chi connectivity index (χ0v) is 8.10. The Morgan fingerprint density at radius 2 is 1.73 bits per heavy atom. The summed E-state index contributed by atoms with van der Waals surface area (Å²) >= 11 is 0. The first-order chi connectivity index (χ1) is 4.77. The highest BCUT2D eigenvalue weighted by atomic mass is 15.3. The van der Waals surface area contributed by atoms with Crippen LogP contribution in [0.4, 0.5) is 0 Å². The molecule has 0 bridgehead atoms. The van der Waals surface area contributed by atoms with Crippen LogP contribution >= 0.6 is 0 Å². The topological polar surface area (TPSA) is 35.0 Å². The maximum Gasteiger partial charge on any atom is 0.0786 e. The van der Waals surface area contributed by atoms with Gasteiger partial charge in [-0.05, 0) is 6.42 Å². The van der Waals surface area contributed by atoms with Crippen LogP contribution < -0.4 is 6.15 Å². The van der Waals surface area contributed by atoms with Gasteiger partial charge < -0.3 is 10.6 Å². The molecule has 0 aromatic rings. The molecular weight excluding hydrogens is 136 g/mol. The predicted octanol–water partition coefficient (Wildman–Crippen LogP) is 2.19. The maximum atomic E-state index is 2.41. The predicted molar refractivity (Wildman–Crippen MR) is 49.9 cm³/mol. The van der Waals surface area contributed by atoms with E-state index in [0.29, 0.717) is 0 Å². The van der Waals surface area contributed by atoms with Crippen molar-refractivity contribution in [3.8, 4) is 0 Å². The monoisotopic (exact) mass is 159 g/mol. The van der Waals surface area contributed by atoms with E-state index in [1.54, 1.807) is 0 Å². The number of nitrogens with zero attached hydrogens (tertiary/aromatic N) is 1. The third-order valence-electron chi connectivity index (χ3n) is 2.70. The Morgan fingerprint density at radius 3 is 2.18 bits per heavy atom. The van der Waals surface area contributed by atoms with Crippen LogP contribution in [0, 0.1) is 0 Å². The van der Waals surface area contributed by atoms with Crippen molar-refractivity contribution in [2.75, 3.05) is 26.7 Å². The molecule has 0 amide bonds. The minimum Gasteiger partial charge on any atom is -0.344 e. The van der Waals surface area contributed by atoms with Gasteiger partial charge in [0.25, 0.3) is 0 Å². The number of hydrogen-bond acceptors (Lipinski definition) is 1. The molecule has 3 N–H and O–H groups in total. The average molecular weight is 159 g/mol. The Balaban J connectivity index is 0.000001000. The van der Waals surface area contributed by atoms with Gasteiger partial charge in [0.15, 0.2) is 0 Å². The molecule has 0 aliphatic carbocycles. The molecule has 2 heteroatoms. The fraction of sp³-hybridized carbons (Fsp3) is 1.00. The van der Waals surface area contributed by atoms with Crippen LogP contribution in [-0.4, -0.2) is 31.2 Å². The van der Waals surface area contributed by atoms with Crippen molar-refractivity contribution in [1.29, 1.82) is 0 Å². The molecular formula is C9H23N2+. The van der Waals surface area contributed by atoms with Gasteiger partial charge >= 0.3 is 0 Å². The first kappa shape index (κ1) is 10.9. The van der Waals surface area contributed by atoms with E-state index in [1.165, 1.54) is 49.8 Å². The van der Waals surface area contributed by atoms with Gasteiger partial charge in [0, 0.05) is 12.8 Å². The van der Waals surface area contributed by atoms with E-state index in [2.05, 4.69) is 14.0 Å². The third-order valence-corrected chi connectivity index (χ3v) is 2.70. The summed E-state index contributed by atoms with van der Waals surface area (Å²) in [6, 6.07) is 0. The molecule has 1 fully saturated rings. The quantitative estimate of drug-likeness (QED) is 0.629. The smallest absolute Gasteiger partial charge is 0.0786 e. The number of rotatable bonds is 3. The molecule has 11 heavy (non-hydrogen) atoms. The van der Waals surface area contributed by atoms with Crippen molar-refractivity contribution in [3.63, 3.8) is 0 Å². The molecule has 0 spiro atoms. The minimum atomic E-state index is 0. The van der Waals surface area contributed by atoms with Crippen molar-refractivity contribution in [2.45, 2.75) is 32.6 Å². The van der Waals surface area contributed by atoms with Gasteiger partial charge in [0.05, 0.1) is 26.7 Å². The molecule has 1 aliphatic rings. The number of likely N-dealkylation sites (tertiary alicyclic amines) is 1. The lowest BCUT2D eigenvalue weighted by molar-refractivity contribution is -0.897. The van der Waals surface area contributed by atoms with Gasteiger partial charge in [-0.3, -0.25) is 0 Å². The fourth-order valence-electron chi connectivity index (χ4n) is 1.86. The summed E-state index contributed by atoms with van der Waals surface area (Å²) in [7, 11) is 2.41. The molecule has 2 nitrogen and oxygen atoms in total. The molecule has 0 aromatic carbocycles. The van der Waals surface area contributed by atoms with Crippen LogP contribution in [0.15, 0.2) is 0 Å². The fourth-order valence-corrected chi connectivity index (χ4v) is 1.86. The SMILES string of the molecule is CCCC[N+]1(C)CCCC1.N. The van der Waals surface area contributed by atoms with Crippen molar-refractivity contribution < 1.29 is 4.48 Å². The first-order valence-corrected chi connectivity index (χ1v) is 4.60. The van der Waals surface area contributed by atoms with E-state index in [0.717, 1.165) is 0 Å². The molecule has 68 valence electrons. The molecule has 1 saturated heterocycles. The van der Waals surface area contributed by atoms with E-state index in [-0.39, 0.29) is 6.15 Å². The summed E-state index contributed by atoms with van der Waals surface area (Å²) in [5, 5.41) is 0. The van der Waals surface area contributed by atoms with Crippen LogP contribution in [-0.2, 0) is 0 Å². The highest BCUT2D eigenvalue weighted by Gasteiger charge is 2.25. The molecule has 0 radical (unpaired) electrons. The molecule has 0 saturated carbocycles. The Hall–Kier alpha value is -0.0800. The summed E-state index contributed by atoms with van der Waals surface area (Å²) in [4.78, 5) is 0. The van der Waals surface area contributed by atoms with Gasteiger partial charge in [-0.15, -0.1) is 0 Å². The average Bonchev–Trinajstić information content (AvgIpc) is 2.33. The van der Waals surface area contributed by atoms with E-state index < -0.39 is 0 Å². The second kappa shape index (κ2) is 4.73. The summed E-state index contributed by atoms with van der Waals surface area (Å²) in [6.07, 6.45) is 5.69. The van der Waals surface area contributed by atoms with Gasteiger partial charge in [0.1, 0.15) is 0 Å². The number of quaternary nitrogens is 1. The van der Waals surface area contributed by atoms with Crippen LogP contribution in [0.1, 0.15) is 32.6 Å². The van der Waals surface area contributed by atoms with Crippen LogP contribution in [0.3, 0.4) is 0 Å². The highest BCUT2D eigenvalue weighted by Crippen LogP contribution is 2.16. The second-order valence-corrected chi connectivity index (χ2v) is 3.85. The van der Waals surface area contributed by atoms with E-state index >= 15 is 0 Å². The summed E-state index contributed by atoms with van der Waals surface area (Å²) in [6.45, 7) is 6.55. The molecule has 1 rings (SSSR count). The molecule has 1 heterocycles. The van der Waals surface area contributed by atoms with Gasteiger partial charge in [-0.25, -0.2) is 0 Å². The van der Waals surface area contributed by atoms with Gasteiger partial charge in [-0.2, -0.15) is 0 Å². The summed E-state index contributed by atoms with van der Waals surface area (Å²) in [5.41, 5.74) is 0. The first-order valence-electron chi connectivity index (χ1n) is 4.60. The second-order valence-electron chi connectivity index (χ2n) is 3.85. The van der Waals surface area contributed by atoms with Gasteiger partial charge in [0.2, 0.25) is 0 Å². The summed E-state index contributed by atoms with van der Waals surface area (Å²) < 4.78 is 1.36. The zero-order chi connectivity index (χ0) is 7.45. The van der Waals surface area contributed by atoms with E-state index in [4.69, 9.17) is 0 Å². The highest BCUT2D eigenvalue weighted by molar-refractivity contribution is 4.51. The lowest BCUT2D eigenvalue weighted by Gasteiger charge is -2.28. The number of unbranched alkanes of at least 4 members (excludes halogenated alkanes) is 1. The molecule has 0 unspecified atom stereocenters. The normalized spacial score (nSPS) is 21.3.